The van der Waals surface area contributed by atoms with Crippen LogP contribution in [0.2, 0.25) is 5.02 Å². The number of amides is 1. The predicted octanol–water partition coefficient (Wildman–Crippen LogP) is 4.10. The zero-order chi connectivity index (χ0) is 17.3. The first-order valence-corrected chi connectivity index (χ1v) is 7.90. The first-order valence-electron chi connectivity index (χ1n) is 7.52. The fourth-order valence-electron chi connectivity index (χ4n) is 2.32. The molecule has 0 bridgehead atoms. The number of nitrogens with zero attached hydrogens (tertiary/aromatic N) is 3. The lowest BCUT2D eigenvalue weighted by atomic mass is 10.1. The molecule has 122 valence electrons. The lowest BCUT2D eigenvalue weighted by molar-refractivity contribution is 0.101. The number of hydrogen-bond donors (Lipinski definition) is 1. The highest BCUT2D eigenvalue weighted by Gasteiger charge is 2.15. The summed E-state index contributed by atoms with van der Waals surface area (Å²) in [6.07, 6.45) is 0. The first-order chi connectivity index (χ1) is 11.4. The number of anilines is 1. The van der Waals surface area contributed by atoms with Crippen LogP contribution in [0.25, 0.3) is 5.69 Å². The van der Waals surface area contributed by atoms with Gasteiger partial charge in [-0.3, -0.25) is 4.79 Å². The van der Waals surface area contributed by atoms with E-state index in [1.54, 1.807) is 23.7 Å². The third kappa shape index (κ3) is 3.31. The van der Waals surface area contributed by atoms with E-state index in [2.05, 4.69) is 15.4 Å². The van der Waals surface area contributed by atoms with Crippen molar-refractivity contribution in [1.82, 2.24) is 14.8 Å². The molecule has 0 saturated carbocycles. The van der Waals surface area contributed by atoms with Gasteiger partial charge in [-0.05, 0) is 68.3 Å². The Hall–Kier alpha value is -2.66. The minimum atomic E-state index is -0.339. The molecule has 0 aliphatic rings. The van der Waals surface area contributed by atoms with Crippen LogP contribution in [0, 0.1) is 20.8 Å². The van der Waals surface area contributed by atoms with E-state index in [0.717, 1.165) is 16.9 Å². The summed E-state index contributed by atoms with van der Waals surface area (Å²) in [6, 6.07) is 13.0. The first kappa shape index (κ1) is 16.2. The van der Waals surface area contributed by atoms with Gasteiger partial charge in [-0.25, -0.2) is 9.67 Å². The van der Waals surface area contributed by atoms with Gasteiger partial charge in [0.05, 0.1) is 5.69 Å². The van der Waals surface area contributed by atoms with E-state index in [1.165, 1.54) is 5.56 Å². The number of benzene rings is 2. The van der Waals surface area contributed by atoms with Crippen molar-refractivity contribution in [1.29, 1.82) is 0 Å². The summed E-state index contributed by atoms with van der Waals surface area (Å²) < 4.78 is 1.62. The van der Waals surface area contributed by atoms with Crippen molar-refractivity contribution < 1.29 is 4.79 Å². The zero-order valence-electron chi connectivity index (χ0n) is 13.7. The molecule has 0 aliphatic carbocycles. The van der Waals surface area contributed by atoms with Gasteiger partial charge in [-0.1, -0.05) is 17.7 Å². The van der Waals surface area contributed by atoms with Gasteiger partial charge in [0.1, 0.15) is 5.82 Å². The Balaban J connectivity index is 1.84. The Kier molecular flexibility index (Phi) is 4.36. The van der Waals surface area contributed by atoms with Gasteiger partial charge >= 0.3 is 0 Å². The van der Waals surface area contributed by atoms with Gasteiger partial charge in [0.2, 0.25) is 5.82 Å². The van der Waals surface area contributed by atoms with Crippen molar-refractivity contribution in [2.75, 3.05) is 5.32 Å². The van der Waals surface area contributed by atoms with Gasteiger partial charge in [0, 0.05) is 10.7 Å². The highest BCUT2D eigenvalue weighted by atomic mass is 35.5. The van der Waals surface area contributed by atoms with E-state index in [4.69, 9.17) is 11.6 Å². The van der Waals surface area contributed by atoms with Crippen LogP contribution in [0.3, 0.4) is 0 Å². The van der Waals surface area contributed by atoms with Crippen molar-refractivity contribution >= 4 is 23.2 Å². The molecule has 0 spiro atoms. The van der Waals surface area contributed by atoms with Crippen molar-refractivity contribution in [2.24, 2.45) is 0 Å². The number of hydrogen-bond acceptors (Lipinski definition) is 3. The summed E-state index contributed by atoms with van der Waals surface area (Å²) in [4.78, 5) is 16.6. The number of carbonyl (C=O) groups excluding carboxylic acids is 1. The molecule has 6 heteroatoms. The molecular formula is C18H17ClN4O. The summed E-state index contributed by atoms with van der Waals surface area (Å²) in [7, 11) is 0. The van der Waals surface area contributed by atoms with E-state index in [9.17, 15) is 4.79 Å². The lowest BCUT2D eigenvalue weighted by Crippen LogP contribution is -2.14. The summed E-state index contributed by atoms with van der Waals surface area (Å²) in [6.45, 7) is 5.83. The number of nitrogens with one attached hydrogen (secondary N) is 1. The van der Waals surface area contributed by atoms with Crippen LogP contribution < -0.4 is 5.32 Å². The van der Waals surface area contributed by atoms with Crippen molar-refractivity contribution in [3.8, 4) is 5.69 Å². The van der Waals surface area contributed by atoms with Crippen LogP contribution in [0.1, 0.15) is 27.6 Å². The summed E-state index contributed by atoms with van der Waals surface area (Å²) in [5.74, 6) is 0.414. The van der Waals surface area contributed by atoms with Crippen LogP contribution in [0.4, 0.5) is 5.69 Å². The van der Waals surface area contributed by atoms with E-state index >= 15 is 0 Å². The SMILES string of the molecule is Cc1ccc(NC(=O)c2nc(C)n(-c3ccc(Cl)cc3)n2)cc1C. The minimum absolute atomic E-state index is 0.126. The molecular weight excluding hydrogens is 324 g/mol. The second kappa shape index (κ2) is 6.45. The number of rotatable bonds is 3. The molecule has 0 fully saturated rings. The van der Waals surface area contributed by atoms with E-state index < -0.39 is 0 Å². The quantitative estimate of drug-likeness (QED) is 0.781. The van der Waals surface area contributed by atoms with Crippen molar-refractivity contribution in [2.45, 2.75) is 20.8 Å². The molecule has 0 radical (unpaired) electrons. The van der Waals surface area contributed by atoms with Gasteiger partial charge in [0.25, 0.3) is 5.91 Å². The molecule has 0 aliphatic heterocycles. The second-order valence-electron chi connectivity index (χ2n) is 5.62. The van der Waals surface area contributed by atoms with Crippen molar-refractivity contribution in [3.63, 3.8) is 0 Å². The van der Waals surface area contributed by atoms with Crippen LogP contribution in [-0.2, 0) is 0 Å². The normalized spacial score (nSPS) is 10.7. The average Bonchev–Trinajstić information content (AvgIpc) is 2.94. The number of aromatic nitrogens is 3. The highest BCUT2D eigenvalue weighted by molar-refractivity contribution is 6.30. The van der Waals surface area contributed by atoms with Gasteiger partial charge in [-0.15, -0.1) is 5.10 Å². The van der Waals surface area contributed by atoms with Crippen LogP contribution >= 0.6 is 11.6 Å². The molecule has 1 heterocycles. The summed E-state index contributed by atoms with van der Waals surface area (Å²) in [5, 5.41) is 7.77. The molecule has 0 saturated heterocycles. The van der Waals surface area contributed by atoms with Crippen molar-refractivity contribution in [3.05, 3.63) is 70.3 Å². The fourth-order valence-corrected chi connectivity index (χ4v) is 2.45. The standard InChI is InChI=1S/C18H17ClN4O/c1-11-4-7-15(10-12(11)2)21-18(24)17-20-13(3)23(22-17)16-8-5-14(19)6-9-16/h4-10H,1-3H3,(H,21,24). The number of aryl methyl sites for hydroxylation is 3. The molecule has 3 rings (SSSR count). The highest BCUT2D eigenvalue weighted by Crippen LogP contribution is 2.16. The topological polar surface area (TPSA) is 59.8 Å². The van der Waals surface area contributed by atoms with Gasteiger partial charge in [-0.2, -0.15) is 0 Å². The molecule has 1 N–H and O–H groups in total. The Morgan fingerprint density at radius 1 is 1.04 bits per heavy atom. The summed E-state index contributed by atoms with van der Waals surface area (Å²) in [5.41, 5.74) is 3.82. The lowest BCUT2D eigenvalue weighted by Gasteiger charge is -2.05. The van der Waals surface area contributed by atoms with E-state index in [0.29, 0.717) is 10.8 Å². The average molecular weight is 341 g/mol. The Morgan fingerprint density at radius 3 is 2.42 bits per heavy atom. The predicted molar refractivity (Wildman–Crippen MR) is 95.0 cm³/mol. The van der Waals surface area contributed by atoms with Gasteiger partial charge in [0.15, 0.2) is 0 Å². The largest absolute Gasteiger partial charge is 0.319 e. The van der Waals surface area contributed by atoms with E-state index in [1.807, 2.05) is 44.2 Å². The second-order valence-corrected chi connectivity index (χ2v) is 6.06. The molecule has 2 aromatic carbocycles. The minimum Gasteiger partial charge on any atom is -0.319 e. The van der Waals surface area contributed by atoms with Crippen LogP contribution in [0.15, 0.2) is 42.5 Å². The molecule has 24 heavy (non-hydrogen) atoms. The Bertz CT molecular complexity index is 900. The molecule has 1 aromatic heterocycles. The molecule has 5 nitrogen and oxygen atoms in total. The molecule has 0 atom stereocenters. The van der Waals surface area contributed by atoms with E-state index in [-0.39, 0.29) is 11.7 Å². The zero-order valence-corrected chi connectivity index (χ0v) is 14.4. The third-order valence-electron chi connectivity index (χ3n) is 3.81. The number of carbonyl (C=O) groups is 1. The van der Waals surface area contributed by atoms with Crippen LogP contribution in [0.5, 0.6) is 0 Å². The van der Waals surface area contributed by atoms with Crippen LogP contribution in [-0.4, -0.2) is 20.7 Å². The monoisotopic (exact) mass is 340 g/mol. The Labute approximate surface area is 145 Å². The Morgan fingerprint density at radius 2 is 1.75 bits per heavy atom. The number of halogens is 1. The maximum Gasteiger partial charge on any atom is 0.295 e. The molecule has 0 unspecified atom stereocenters. The molecule has 1 amide bonds. The molecule has 3 aromatic rings. The maximum absolute atomic E-state index is 12.4. The third-order valence-corrected chi connectivity index (χ3v) is 4.06. The fraction of sp³-hybridized carbons (Fsp3) is 0.167. The smallest absolute Gasteiger partial charge is 0.295 e. The summed E-state index contributed by atoms with van der Waals surface area (Å²) >= 11 is 5.90. The maximum atomic E-state index is 12.4. The van der Waals surface area contributed by atoms with Gasteiger partial charge < -0.3 is 5.32 Å².